The lowest BCUT2D eigenvalue weighted by molar-refractivity contribution is 0.242. The van der Waals surface area contributed by atoms with Crippen LogP contribution in [0.4, 0.5) is 0 Å². The van der Waals surface area contributed by atoms with Gasteiger partial charge in [0.25, 0.3) is 0 Å². The lowest BCUT2D eigenvalue weighted by Gasteiger charge is -2.20. The first kappa shape index (κ1) is 16.0. The van der Waals surface area contributed by atoms with Crippen molar-refractivity contribution in [3.05, 3.63) is 29.8 Å². The lowest BCUT2D eigenvalue weighted by atomic mass is 9.97. The predicted molar refractivity (Wildman–Crippen MR) is 82.7 cm³/mol. The molecule has 0 aliphatic carbocycles. The van der Waals surface area contributed by atoms with Crippen LogP contribution in [0.25, 0.3) is 0 Å². The fourth-order valence-electron chi connectivity index (χ4n) is 2.18. The SMILES string of the molecule is CCNC(CCC(C)C)c1ccc(OC(C)C)cc1. The van der Waals surface area contributed by atoms with E-state index in [2.05, 4.69) is 64.2 Å². The summed E-state index contributed by atoms with van der Waals surface area (Å²) in [5, 5.41) is 3.57. The Labute approximate surface area is 118 Å². The average molecular weight is 263 g/mol. The van der Waals surface area contributed by atoms with E-state index in [9.17, 15) is 0 Å². The highest BCUT2D eigenvalue weighted by Gasteiger charge is 2.11. The van der Waals surface area contributed by atoms with Crippen LogP contribution in [0.1, 0.15) is 59.1 Å². The molecule has 1 aromatic rings. The van der Waals surface area contributed by atoms with Crippen LogP contribution in [0.15, 0.2) is 24.3 Å². The van der Waals surface area contributed by atoms with Crippen LogP contribution >= 0.6 is 0 Å². The summed E-state index contributed by atoms with van der Waals surface area (Å²) in [6, 6.07) is 8.99. The van der Waals surface area contributed by atoms with E-state index in [0.717, 1.165) is 18.2 Å². The second kappa shape index (κ2) is 8.21. The molecule has 0 radical (unpaired) electrons. The molecule has 1 atom stereocenters. The molecule has 2 heteroatoms. The highest BCUT2D eigenvalue weighted by molar-refractivity contribution is 5.29. The maximum Gasteiger partial charge on any atom is 0.119 e. The average Bonchev–Trinajstić information content (AvgIpc) is 2.34. The van der Waals surface area contributed by atoms with Crippen molar-refractivity contribution in [3.8, 4) is 5.75 Å². The van der Waals surface area contributed by atoms with E-state index < -0.39 is 0 Å². The third-order valence-corrected chi connectivity index (χ3v) is 3.14. The fraction of sp³-hybridized carbons (Fsp3) is 0.647. The molecule has 1 N–H and O–H groups in total. The second-order valence-corrected chi connectivity index (χ2v) is 5.82. The van der Waals surface area contributed by atoms with Crippen LogP contribution in [-0.2, 0) is 0 Å². The summed E-state index contributed by atoms with van der Waals surface area (Å²) in [6.45, 7) is 11.8. The third-order valence-electron chi connectivity index (χ3n) is 3.14. The van der Waals surface area contributed by atoms with Crippen molar-refractivity contribution in [3.63, 3.8) is 0 Å². The molecule has 0 saturated carbocycles. The molecule has 1 rings (SSSR count). The van der Waals surface area contributed by atoms with Gasteiger partial charge in [0.15, 0.2) is 0 Å². The molecule has 1 unspecified atom stereocenters. The molecule has 0 amide bonds. The number of rotatable bonds is 8. The Morgan fingerprint density at radius 1 is 1.00 bits per heavy atom. The number of ether oxygens (including phenoxy) is 1. The Bertz CT molecular complexity index is 343. The Morgan fingerprint density at radius 2 is 1.63 bits per heavy atom. The summed E-state index contributed by atoms with van der Waals surface area (Å²) in [5.74, 6) is 1.71. The molecular formula is C17H29NO. The van der Waals surface area contributed by atoms with Gasteiger partial charge in [0, 0.05) is 6.04 Å². The molecule has 1 aromatic carbocycles. The van der Waals surface area contributed by atoms with Gasteiger partial charge in [-0.2, -0.15) is 0 Å². The van der Waals surface area contributed by atoms with Crippen molar-refractivity contribution in [2.75, 3.05) is 6.54 Å². The Morgan fingerprint density at radius 3 is 2.11 bits per heavy atom. The van der Waals surface area contributed by atoms with E-state index in [1.54, 1.807) is 0 Å². The van der Waals surface area contributed by atoms with Crippen LogP contribution in [0, 0.1) is 5.92 Å². The van der Waals surface area contributed by atoms with E-state index >= 15 is 0 Å². The highest BCUT2D eigenvalue weighted by Crippen LogP contribution is 2.23. The van der Waals surface area contributed by atoms with Gasteiger partial charge in [-0.05, 0) is 56.8 Å². The second-order valence-electron chi connectivity index (χ2n) is 5.82. The number of hydrogen-bond donors (Lipinski definition) is 1. The normalized spacial score (nSPS) is 13.0. The van der Waals surface area contributed by atoms with Crippen LogP contribution in [0.2, 0.25) is 0 Å². The van der Waals surface area contributed by atoms with Gasteiger partial charge in [-0.25, -0.2) is 0 Å². The molecule has 0 heterocycles. The first-order valence-electron chi connectivity index (χ1n) is 7.53. The topological polar surface area (TPSA) is 21.3 Å². The van der Waals surface area contributed by atoms with Crippen LogP contribution in [0.5, 0.6) is 5.75 Å². The van der Waals surface area contributed by atoms with E-state index in [4.69, 9.17) is 4.74 Å². The third kappa shape index (κ3) is 6.11. The molecule has 0 aliphatic heterocycles. The first-order chi connectivity index (χ1) is 9.02. The highest BCUT2D eigenvalue weighted by atomic mass is 16.5. The zero-order chi connectivity index (χ0) is 14.3. The Hall–Kier alpha value is -1.02. The maximum absolute atomic E-state index is 5.69. The minimum Gasteiger partial charge on any atom is -0.491 e. The molecule has 0 aromatic heterocycles. The molecule has 0 aliphatic rings. The molecular weight excluding hydrogens is 234 g/mol. The van der Waals surface area contributed by atoms with Gasteiger partial charge in [-0.3, -0.25) is 0 Å². The number of nitrogens with one attached hydrogen (secondary N) is 1. The quantitative estimate of drug-likeness (QED) is 0.742. The van der Waals surface area contributed by atoms with Gasteiger partial charge in [0.1, 0.15) is 5.75 Å². The van der Waals surface area contributed by atoms with Crippen molar-refractivity contribution in [1.29, 1.82) is 0 Å². The molecule has 0 saturated heterocycles. The van der Waals surface area contributed by atoms with Crippen LogP contribution in [-0.4, -0.2) is 12.6 Å². The van der Waals surface area contributed by atoms with Gasteiger partial charge in [-0.15, -0.1) is 0 Å². The van der Waals surface area contributed by atoms with E-state index in [-0.39, 0.29) is 6.10 Å². The molecule has 108 valence electrons. The van der Waals surface area contributed by atoms with E-state index in [0.29, 0.717) is 6.04 Å². The van der Waals surface area contributed by atoms with Crippen LogP contribution in [0.3, 0.4) is 0 Å². The zero-order valence-electron chi connectivity index (χ0n) is 13.1. The summed E-state index contributed by atoms with van der Waals surface area (Å²) in [6.07, 6.45) is 2.68. The summed E-state index contributed by atoms with van der Waals surface area (Å²) in [5.41, 5.74) is 1.36. The first-order valence-corrected chi connectivity index (χ1v) is 7.53. The van der Waals surface area contributed by atoms with Gasteiger partial charge >= 0.3 is 0 Å². The van der Waals surface area contributed by atoms with Crippen molar-refractivity contribution in [2.24, 2.45) is 5.92 Å². The maximum atomic E-state index is 5.69. The smallest absolute Gasteiger partial charge is 0.119 e. The van der Waals surface area contributed by atoms with Gasteiger partial charge < -0.3 is 10.1 Å². The van der Waals surface area contributed by atoms with Gasteiger partial charge in [-0.1, -0.05) is 32.9 Å². The minimum absolute atomic E-state index is 0.233. The lowest BCUT2D eigenvalue weighted by Crippen LogP contribution is -2.21. The molecule has 0 bridgehead atoms. The summed E-state index contributed by atoms with van der Waals surface area (Å²) < 4.78 is 5.69. The largest absolute Gasteiger partial charge is 0.491 e. The van der Waals surface area contributed by atoms with E-state index in [1.807, 2.05) is 0 Å². The summed E-state index contributed by atoms with van der Waals surface area (Å²) >= 11 is 0. The van der Waals surface area contributed by atoms with Crippen LogP contribution < -0.4 is 10.1 Å². The molecule has 0 fully saturated rings. The van der Waals surface area contributed by atoms with Gasteiger partial charge in [0.05, 0.1) is 6.10 Å². The summed E-state index contributed by atoms with van der Waals surface area (Å²) in [7, 11) is 0. The standard InChI is InChI=1S/C17H29NO/c1-6-18-17(12-7-13(2)3)15-8-10-16(11-9-15)19-14(4)5/h8-11,13-14,17-18H,6-7,12H2,1-5H3. The van der Waals surface area contributed by atoms with Crippen molar-refractivity contribution < 1.29 is 4.74 Å². The van der Waals surface area contributed by atoms with E-state index in [1.165, 1.54) is 18.4 Å². The van der Waals surface area contributed by atoms with Crippen molar-refractivity contribution in [1.82, 2.24) is 5.32 Å². The van der Waals surface area contributed by atoms with Crippen molar-refractivity contribution in [2.45, 2.75) is 59.6 Å². The zero-order valence-corrected chi connectivity index (χ0v) is 13.1. The summed E-state index contributed by atoms with van der Waals surface area (Å²) in [4.78, 5) is 0. The molecule has 0 spiro atoms. The predicted octanol–water partition coefficient (Wildman–Crippen LogP) is 4.56. The number of benzene rings is 1. The molecule has 19 heavy (non-hydrogen) atoms. The monoisotopic (exact) mass is 263 g/mol. The number of hydrogen-bond acceptors (Lipinski definition) is 2. The molecule has 2 nitrogen and oxygen atoms in total. The Kier molecular flexibility index (Phi) is 6.93. The van der Waals surface area contributed by atoms with Gasteiger partial charge in [0.2, 0.25) is 0 Å². The fourth-order valence-corrected chi connectivity index (χ4v) is 2.18. The Balaban J connectivity index is 2.67. The minimum atomic E-state index is 0.233. The van der Waals surface area contributed by atoms with Crippen molar-refractivity contribution >= 4 is 0 Å².